The summed E-state index contributed by atoms with van der Waals surface area (Å²) in [5.41, 5.74) is 5.44. The number of nitriles is 1. The van der Waals surface area contributed by atoms with Gasteiger partial charge in [0.05, 0.1) is 41.9 Å². The van der Waals surface area contributed by atoms with E-state index in [2.05, 4.69) is 10.6 Å². The summed E-state index contributed by atoms with van der Waals surface area (Å²) < 4.78 is 67.1. The number of carbonyl (C=O) groups excluding carboxylic acids is 2. The normalized spacial score (nSPS) is 15.0. The third-order valence-corrected chi connectivity index (χ3v) is 6.38. The largest absolute Gasteiger partial charge is 0.390 e. The van der Waals surface area contributed by atoms with Crippen LogP contribution < -0.4 is 21.3 Å². The molecule has 0 bridgehead atoms. The Morgan fingerprint density at radius 1 is 1.10 bits per heavy atom. The van der Waals surface area contributed by atoms with Gasteiger partial charge in [0.2, 0.25) is 5.91 Å². The van der Waals surface area contributed by atoms with Gasteiger partial charge in [-0.2, -0.15) is 18.4 Å². The standard InChI is InChI=1S/C25H26ClF5N6O2/c26-16-2-4-19(20(13-16)37-11-9-36(10-12-37)8-6-25(29,30)31)35-23(38)17-3-1-15(21(27)22(17)28)14-34-24(39)18(33)5-7-32/h1-4,13,18H,5-6,8-12,14,33H2,(H,34,39)(H,35,38)/t18-/m0/s1. The molecule has 2 aromatic carbocycles. The van der Waals surface area contributed by atoms with E-state index in [4.69, 9.17) is 22.6 Å². The summed E-state index contributed by atoms with van der Waals surface area (Å²) in [5.74, 6) is -4.41. The van der Waals surface area contributed by atoms with Crippen LogP contribution in [-0.4, -0.2) is 61.7 Å². The average Bonchev–Trinajstić information content (AvgIpc) is 2.89. The van der Waals surface area contributed by atoms with E-state index in [-0.39, 0.29) is 24.2 Å². The van der Waals surface area contributed by atoms with Crippen LogP contribution in [0.4, 0.5) is 33.3 Å². The lowest BCUT2D eigenvalue weighted by Crippen LogP contribution is -2.47. The molecule has 210 valence electrons. The zero-order chi connectivity index (χ0) is 28.7. The van der Waals surface area contributed by atoms with Gasteiger partial charge in [0, 0.05) is 49.9 Å². The van der Waals surface area contributed by atoms with Crippen molar-refractivity contribution in [2.45, 2.75) is 31.6 Å². The van der Waals surface area contributed by atoms with Crippen LogP contribution in [0.5, 0.6) is 0 Å². The minimum absolute atomic E-state index is 0.117. The Labute approximate surface area is 226 Å². The highest BCUT2D eigenvalue weighted by atomic mass is 35.5. The monoisotopic (exact) mass is 572 g/mol. The van der Waals surface area contributed by atoms with Gasteiger partial charge >= 0.3 is 6.18 Å². The second-order valence-electron chi connectivity index (χ2n) is 8.90. The number of carbonyl (C=O) groups is 2. The Morgan fingerprint density at radius 3 is 2.44 bits per heavy atom. The summed E-state index contributed by atoms with van der Waals surface area (Å²) in [6.07, 6.45) is -5.40. The number of benzene rings is 2. The number of nitrogens with one attached hydrogen (secondary N) is 2. The molecule has 1 saturated heterocycles. The zero-order valence-corrected chi connectivity index (χ0v) is 21.4. The third-order valence-electron chi connectivity index (χ3n) is 6.14. The Kier molecular flexibility index (Phi) is 10.1. The quantitative estimate of drug-likeness (QED) is 0.394. The maximum atomic E-state index is 14.8. The molecule has 2 aromatic rings. The van der Waals surface area contributed by atoms with E-state index in [9.17, 15) is 31.5 Å². The summed E-state index contributed by atoms with van der Waals surface area (Å²) in [4.78, 5) is 28.2. The van der Waals surface area contributed by atoms with Crippen LogP contribution in [0.3, 0.4) is 0 Å². The number of halogens is 6. The topological polar surface area (TPSA) is 114 Å². The van der Waals surface area contributed by atoms with Gasteiger partial charge in [-0.1, -0.05) is 17.7 Å². The SMILES string of the molecule is N#CC[C@H](N)C(=O)NCc1ccc(C(=O)Nc2ccc(Cl)cc2N2CCN(CCC(F)(F)F)CC2)c(F)c1F. The smallest absolute Gasteiger partial charge is 0.367 e. The Balaban J connectivity index is 1.69. The van der Waals surface area contributed by atoms with E-state index in [1.165, 1.54) is 12.1 Å². The number of rotatable bonds is 9. The van der Waals surface area contributed by atoms with E-state index < -0.39 is 54.2 Å². The predicted molar refractivity (Wildman–Crippen MR) is 135 cm³/mol. The molecule has 39 heavy (non-hydrogen) atoms. The van der Waals surface area contributed by atoms with Gasteiger partial charge in [0.15, 0.2) is 11.6 Å². The number of piperazine rings is 1. The Morgan fingerprint density at radius 2 is 1.79 bits per heavy atom. The highest BCUT2D eigenvalue weighted by molar-refractivity contribution is 6.31. The van der Waals surface area contributed by atoms with Gasteiger partial charge in [-0.05, 0) is 24.3 Å². The minimum atomic E-state index is -4.24. The molecule has 3 rings (SSSR count). The fourth-order valence-electron chi connectivity index (χ4n) is 3.96. The summed E-state index contributed by atoms with van der Waals surface area (Å²) in [6.45, 7) is 0.919. The Hall–Kier alpha value is -3.47. The van der Waals surface area contributed by atoms with Crippen molar-refractivity contribution in [2.24, 2.45) is 5.73 Å². The van der Waals surface area contributed by atoms with Crippen molar-refractivity contribution in [3.05, 3.63) is 58.1 Å². The van der Waals surface area contributed by atoms with Gasteiger partial charge in [0.1, 0.15) is 0 Å². The molecule has 0 aromatic heterocycles. The van der Waals surface area contributed by atoms with E-state index in [1.807, 2.05) is 4.90 Å². The minimum Gasteiger partial charge on any atom is -0.367 e. The third kappa shape index (κ3) is 8.26. The number of nitrogens with two attached hydrogens (primary N) is 1. The summed E-state index contributed by atoms with van der Waals surface area (Å²) >= 11 is 6.13. The summed E-state index contributed by atoms with van der Waals surface area (Å²) in [6, 6.07) is 7.39. The molecule has 0 radical (unpaired) electrons. The number of alkyl halides is 3. The molecule has 4 N–H and O–H groups in total. The van der Waals surface area contributed by atoms with Crippen LogP contribution >= 0.6 is 11.6 Å². The number of nitrogens with zero attached hydrogens (tertiary/aromatic N) is 3. The van der Waals surface area contributed by atoms with Crippen molar-refractivity contribution in [3.63, 3.8) is 0 Å². The van der Waals surface area contributed by atoms with E-state index in [0.29, 0.717) is 36.9 Å². The van der Waals surface area contributed by atoms with Gasteiger partial charge in [-0.25, -0.2) is 8.78 Å². The van der Waals surface area contributed by atoms with Crippen LogP contribution in [-0.2, 0) is 11.3 Å². The Bertz CT molecular complexity index is 1240. The van der Waals surface area contributed by atoms with Gasteiger partial charge in [-0.15, -0.1) is 0 Å². The molecule has 0 saturated carbocycles. The molecule has 1 aliphatic heterocycles. The van der Waals surface area contributed by atoms with Gasteiger partial charge < -0.3 is 21.3 Å². The zero-order valence-electron chi connectivity index (χ0n) is 20.6. The molecule has 14 heteroatoms. The van der Waals surface area contributed by atoms with E-state index in [1.54, 1.807) is 17.0 Å². The van der Waals surface area contributed by atoms with Crippen molar-refractivity contribution in [1.29, 1.82) is 5.26 Å². The highest BCUT2D eigenvalue weighted by Gasteiger charge is 2.29. The van der Waals surface area contributed by atoms with Crippen molar-refractivity contribution >= 4 is 34.8 Å². The first-order chi connectivity index (χ1) is 18.4. The maximum Gasteiger partial charge on any atom is 0.390 e. The number of anilines is 2. The molecular formula is C25H26ClF5N6O2. The van der Waals surface area contributed by atoms with Crippen LogP contribution in [0.1, 0.15) is 28.8 Å². The molecule has 0 unspecified atom stereocenters. The lowest BCUT2D eigenvalue weighted by atomic mass is 10.1. The summed E-state index contributed by atoms with van der Waals surface area (Å²) in [5, 5.41) is 13.8. The second kappa shape index (κ2) is 13.1. The fourth-order valence-corrected chi connectivity index (χ4v) is 4.13. The van der Waals surface area contributed by atoms with Crippen LogP contribution in [0.15, 0.2) is 30.3 Å². The number of amides is 2. The lowest BCUT2D eigenvalue weighted by molar-refractivity contribution is -0.138. The number of hydrogen-bond acceptors (Lipinski definition) is 6. The molecule has 1 atom stereocenters. The lowest BCUT2D eigenvalue weighted by Gasteiger charge is -2.37. The molecular weight excluding hydrogens is 547 g/mol. The molecule has 1 aliphatic rings. The first-order valence-corrected chi connectivity index (χ1v) is 12.3. The van der Waals surface area contributed by atoms with Crippen LogP contribution in [0, 0.1) is 23.0 Å². The molecule has 1 fully saturated rings. The average molecular weight is 573 g/mol. The number of hydrogen-bond donors (Lipinski definition) is 3. The van der Waals surface area contributed by atoms with Crippen LogP contribution in [0.2, 0.25) is 5.02 Å². The molecule has 8 nitrogen and oxygen atoms in total. The van der Waals surface area contributed by atoms with E-state index in [0.717, 1.165) is 12.1 Å². The maximum absolute atomic E-state index is 14.8. The molecule has 0 aliphatic carbocycles. The van der Waals surface area contributed by atoms with Crippen molar-refractivity contribution in [3.8, 4) is 6.07 Å². The first kappa shape index (κ1) is 30.1. The van der Waals surface area contributed by atoms with Crippen LogP contribution in [0.25, 0.3) is 0 Å². The van der Waals surface area contributed by atoms with Gasteiger partial charge in [0.25, 0.3) is 5.91 Å². The first-order valence-electron chi connectivity index (χ1n) is 11.9. The molecule has 0 spiro atoms. The molecule has 2 amide bonds. The molecule has 1 heterocycles. The van der Waals surface area contributed by atoms with E-state index >= 15 is 0 Å². The predicted octanol–water partition coefficient (Wildman–Crippen LogP) is 3.80. The van der Waals surface area contributed by atoms with Crippen molar-refractivity contribution in [1.82, 2.24) is 10.2 Å². The van der Waals surface area contributed by atoms with Gasteiger partial charge in [-0.3, -0.25) is 14.5 Å². The van der Waals surface area contributed by atoms with Crippen molar-refractivity contribution < 1.29 is 31.5 Å². The summed E-state index contributed by atoms with van der Waals surface area (Å²) in [7, 11) is 0. The fraction of sp³-hybridized carbons (Fsp3) is 0.400. The highest BCUT2D eigenvalue weighted by Crippen LogP contribution is 2.31. The van der Waals surface area contributed by atoms with Crippen molar-refractivity contribution in [2.75, 3.05) is 42.9 Å². The second-order valence-corrected chi connectivity index (χ2v) is 9.33.